The fourth-order valence-corrected chi connectivity index (χ4v) is 2.39. The van der Waals surface area contributed by atoms with Gasteiger partial charge in [0.25, 0.3) is 0 Å². The first kappa shape index (κ1) is 11.0. The number of hydrogen-bond acceptors (Lipinski definition) is 2. The van der Waals surface area contributed by atoms with Crippen molar-refractivity contribution in [2.75, 3.05) is 6.54 Å². The lowest BCUT2D eigenvalue weighted by molar-refractivity contribution is 0.153. The Morgan fingerprint density at radius 3 is 2.31 bits per heavy atom. The largest absolute Gasteiger partial charge is 0.392 e. The first-order chi connectivity index (χ1) is 6.11. The summed E-state index contributed by atoms with van der Waals surface area (Å²) in [7, 11) is 0. The summed E-state index contributed by atoms with van der Waals surface area (Å²) in [6.07, 6.45) is 3.82. The molecule has 1 aliphatic carbocycles. The van der Waals surface area contributed by atoms with Crippen molar-refractivity contribution in [1.82, 2.24) is 5.32 Å². The van der Waals surface area contributed by atoms with Crippen LogP contribution in [0, 0.1) is 11.8 Å². The van der Waals surface area contributed by atoms with Gasteiger partial charge in [0.2, 0.25) is 0 Å². The normalized spacial score (nSPS) is 33.2. The summed E-state index contributed by atoms with van der Waals surface area (Å²) in [5.41, 5.74) is 0. The van der Waals surface area contributed by atoms with E-state index in [1.54, 1.807) is 0 Å². The van der Waals surface area contributed by atoms with Gasteiger partial charge in [-0.25, -0.2) is 0 Å². The van der Waals surface area contributed by atoms with Gasteiger partial charge in [0.15, 0.2) is 0 Å². The molecule has 0 aromatic carbocycles. The monoisotopic (exact) mass is 185 g/mol. The third-order valence-corrected chi connectivity index (χ3v) is 3.19. The van der Waals surface area contributed by atoms with Crippen LogP contribution in [0.1, 0.15) is 40.0 Å². The summed E-state index contributed by atoms with van der Waals surface area (Å²) < 4.78 is 0. The molecule has 1 saturated carbocycles. The van der Waals surface area contributed by atoms with Crippen molar-refractivity contribution in [3.8, 4) is 0 Å². The predicted molar refractivity (Wildman–Crippen MR) is 55.7 cm³/mol. The van der Waals surface area contributed by atoms with Crippen molar-refractivity contribution in [3.05, 3.63) is 0 Å². The van der Waals surface area contributed by atoms with Gasteiger partial charge in [0.05, 0.1) is 6.10 Å². The molecule has 13 heavy (non-hydrogen) atoms. The second-order valence-corrected chi connectivity index (χ2v) is 4.67. The first-order valence-electron chi connectivity index (χ1n) is 5.52. The van der Waals surface area contributed by atoms with E-state index in [1.807, 2.05) is 6.92 Å². The summed E-state index contributed by atoms with van der Waals surface area (Å²) in [5.74, 6) is 1.53. The van der Waals surface area contributed by atoms with E-state index >= 15 is 0 Å². The van der Waals surface area contributed by atoms with Gasteiger partial charge in [0.1, 0.15) is 0 Å². The third kappa shape index (κ3) is 3.28. The van der Waals surface area contributed by atoms with Crippen molar-refractivity contribution in [2.24, 2.45) is 11.8 Å². The van der Waals surface area contributed by atoms with Crippen LogP contribution in [-0.2, 0) is 0 Å². The first-order valence-corrected chi connectivity index (χ1v) is 5.52. The third-order valence-electron chi connectivity index (χ3n) is 3.19. The van der Waals surface area contributed by atoms with Crippen LogP contribution >= 0.6 is 0 Å². The minimum atomic E-state index is -0.221. The van der Waals surface area contributed by atoms with E-state index in [0.717, 1.165) is 18.4 Å². The lowest BCUT2D eigenvalue weighted by Gasteiger charge is -2.35. The Kier molecular flexibility index (Phi) is 4.20. The Bertz CT molecular complexity index is 137. The summed E-state index contributed by atoms with van der Waals surface area (Å²) in [5, 5.41) is 12.7. The van der Waals surface area contributed by atoms with Gasteiger partial charge in [0, 0.05) is 12.6 Å². The smallest absolute Gasteiger partial charge is 0.0636 e. The predicted octanol–water partition coefficient (Wildman–Crippen LogP) is 1.78. The molecule has 0 saturated heterocycles. The maximum Gasteiger partial charge on any atom is 0.0636 e. The quantitative estimate of drug-likeness (QED) is 0.702. The van der Waals surface area contributed by atoms with E-state index in [9.17, 15) is 5.11 Å². The van der Waals surface area contributed by atoms with Crippen LogP contribution in [0.25, 0.3) is 0 Å². The van der Waals surface area contributed by atoms with Gasteiger partial charge in [-0.1, -0.05) is 20.3 Å². The van der Waals surface area contributed by atoms with Gasteiger partial charge >= 0.3 is 0 Å². The molecular weight excluding hydrogens is 162 g/mol. The molecule has 2 nitrogen and oxygen atoms in total. The molecule has 0 unspecified atom stereocenters. The molecule has 0 amide bonds. The number of rotatable bonds is 3. The molecule has 0 heterocycles. The van der Waals surface area contributed by atoms with Crippen LogP contribution in [0.3, 0.4) is 0 Å². The lowest BCUT2D eigenvalue weighted by atomic mass is 9.79. The molecule has 1 aliphatic rings. The van der Waals surface area contributed by atoms with E-state index in [-0.39, 0.29) is 6.10 Å². The average molecular weight is 185 g/mol. The Labute approximate surface area is 81.7 Å². The molecule has 0 aromatic rings. The van der Waals surface area contributed by atoms with E-state index in [4.69, 9.17) is 0 Å². The van der Waals surface area contributed by atoms with Crippen molar-refractivity contribution >= 4 is 0 Å². The van der Waals surface area contributed by atoms with E-state index in [0.29, 0.717) is 6.04 Å². The molecule has 0 bridgehead atoms. The average Bonchev–Trinajstić information content (AvgIpc) is 2.03. The maximum absolute atomic E-state index is 9.19. The summed E-state index contributed by atoms with van der Waals surface area (Å²) in [4.78, 5) is 0. The molecule has 2 N–H and O–H groups in total. The summed E-state index contributed by atoms with van der Waals surface area (Å²) in [6.45, 7) is 7.20. The van der Waals surface area contributed by atoms with Crippen LogP contribution in [-0.4, -0.2) is 23.8 Å². The molecule has 2 heteroatoms. The Balaban J connectivity index is 2.35. The standard InChI is InChI=1S/C11H23NO/c1-8-5-4-6-9(2)11(8)12-7-10(3)13/h8-13H,4-7H2,1-3H3/t8-,9-,10+/m0/s1. The Hall–Kier alpha value is -0.0800. The second-order valence-electron chi connectivity index (χ2n) is 4.67. The van der Waals surface area contributed by atoms with Gasteiger partial charge in [-0.2, -0.15) is 0 Å². The highest BCUT2D eigenvalue weighted by atomic mass is 16.3. The van der Waals surface area contributed by atoms with Crippen LogP contribution < -0.4 is 5.32 Å². The van der Waals surface area contributed by atoms with Crippen molar-refractivity contribution in [2.45, 2.75) is 52.2 Å². The van der Waals surface area contributed by atoms with Crippen molar-refractivity contribution in [1.29, 1.82) is 0 Å². The highest BCUT2D eigenvalue weighted by Crippen LogP contribution is 2.28. The molecule has 0 aromatic heterocycles. The zero-order chi connectivity index (χ0) is 9.84. The summed E-state index contributed by atoms with van der Waals surface area (Å²) >= 11 is 0. The zero-order valence-corrected chi connectivity index (χ0v) is 9.09. The molecular formula is C11H23NO. The van der Waals surface area contributed by atoms with Gasteiger partial charge in [-0.05, 0) is 31.6 Å². The van der Waals surface area contributed by atoms with Crippen LogP contribution in [0.15, 0.2) is 0 Å². The number of aliphatic hydroxyl groups is 1. The lowest BCUT2D eigenvalue weighted by Crippen LogP contribution is -2.45. The SMILES string of the molecule is C[C@@H](O)CNC1[C@@H](C)CCC[C@@H]1C. The van der Waals surface area contributed by atoms with Gasteiger partial charge in [-0.3, -0.25) is 0 Å². The molecule has 1 rings (SSSR count). The number of nitrogens with one attached hydrogen (secondary N) is 1. The molecule has 3 atom stereocenters. The van der Waals surface area contributed by atoms with Gasteiger partial charge < -0.3 is 10.4 Å². The molecule has 0 aliphatic heterocycles. The van der Waals surface area contributed by atoms with Crippen LogP contribution in [0.5, 0.6) is 0 Å². The van der Waals surface area contributed by atoms with Gasteiger partial charge in [-0.15, -0.1) is 0 Å². The number of hydrogen-bond donors (Lipinski definition) is 2. The van der Waals surface area contributed by atoms with Crippen LogP contribution in [0.2, 0.25) is 0 Å². The van der Waals surface area contributed by atoms with Crippen molar-refractivity contribution < 1.29 is 5.11 Å². The topological polar surface area (TPSA) is 32.3 Å². The minimum absolute atomic E-state index is 0.221. The van der Waals surface area contributed by atoms with E-state index in [1.165, 1.54) is 19.3 Å². The zero-order valence-electron chi connectivity index (χ0n) is 9.09. The summed E-state index contributed by atoms with van der Waals surface area (Å²) in [6, 6.07) is 0.614. The molecule has 1 fully saturated rings. The van der Waals surface area contributed by atoms with E-state index < -0.39 is 0 Å². The van der Waals surface area contributed by atoms with Crippen LogP contribution in [0.4, 0.5) is 0 Å². The molecule has 78 valence electrons. The molecule has 0 spiro atoms. The molecule has 0 radical (unpaired) electrons. The maximum atomic E-state index is 9.19. The minimum Gasteiger partial charge on any atom is -0.392 e. The highest BCUT2D eigenvalue weighted by molar-refractivity contribution is 4.83. The second kappa shape index (κ2) is 4.97. The fraction of sp³-hybridized carbons (Fsp3) is 1.00. The number of aliphatic hydroxyl groups excluding tert-OH is 1. The Morgan fingerprint density at radius 1 is 1.31 bits per heavy atom. The Morgan fingerprint density at radius 2 is 1.85 bits per heavy atom. The van der Waals surface area contributed by atoms with E-state index in [2.05, 4.69) is 19.2 Å². The highest BCUT2D eigenvalue weighted by Gasteiger charge is 2.26. The fourth-order valence-electron chi connectivity index (χ4n) is 2.39. The van der Waals surface area contributed by atoms with Crippen molar-refractivity contribution in [3.63, 3.8) is 0 Å².